The number of nitrogens with zero attached hydrogens (tertiary/aromatic N) is 1. The Bertz CT molecular complexity index is 241. The van der Waals surface area contributed by atoms with Gasteiger partial charge < -0.3 is 10.6 Å². The van der Waals surface area contributed by atoms with Crippen LogP contribution in [-0.4, -0.2) is 29.3 Å². The van der Waals surface area contributed by atoms with Crippen molar-refractivity contribution in [1.82, 2.24) is 20.8 Å². The molecular weight excluding hydrogens is 176 g/mol. The summed E-state index contributed by atoms with van der Waals surface area (Å²) < 4.78 is 0. The van der Waals surface area contributed by atoms with Crippen LogP contribution in [0.1, 0.15) is 24.8 Å². The number of nitrogens with one attached hydrogen (secondary N) is 3. The Balaban J connectivity index is 1.43. The second-order valence-electron chi connectivity index (χ2n) is 3.87. The molecular formula is C10H18N4. The third-order valence-electron chi connectivity index (χ3n) is 2.42. The Morgan fingerprint density at radius 3 is 3.07 bits per heavy atom. The van der Waals surface area contributed by atoms with Gasteiger partial charge in [0.15, 0.2) is 0 Å². The molecule has 0 unspecified atom stereocenters. The van der Waals surface area contributed by atoms with Gasteiger partial charge in [-0.1, -0.05) is 0 Å². The van der Waals surface area contributed by atoms with Gasteiger partial charge in [0.25, 0.3) is 0 Å². The quantitative estimate of drug-likeness (QED) is 0.558. The predicted molar refractivity (Wildman–Crippen MR) is 55.9 cm³/mol. The Hall–Kier alpha value is -0.870. The number of rotatable bonds is 7. The van der Waals surface area contributed by atoms with Crippen molar-refractivity contribution in [2.45, 2.75) is 31.8 Å². The molecule has 3 N–H and O–H groups in total. The first kappa shape index (κ1) is 9.68. The van der Waals surface area contributed by atoms with Crippen LogP contribution in [0.15, 0.2) is 12.4 Å². The fourth-order valence-electron chi connectivity index (χ4n) is 1.41. The highest BCUT2D eigenvalue weighted by atomic mass is 15.1. The van der Waals surface area contributed by atoms with Crippen molar-refractivity contribution in [2.75, 3.05) is 13.1 Å². The lowest BCUT2D eigenvalue weighted by Crippen LogP contribution is -2.22. The molecule has 14 heavy (non-hydrogen) atoms. The predicted octanol–water partition coefficient (Wildman–Crippen LogP) is 0.641. The van der Waals surface area contributed by atoms with Gasteiger partial charge in [0.1, 0.15) is 0 Å². The number of aromatic amines is 1. The van der Waals surface area contributed by atoms with Crippen LogP contribution in [0.3, 0.4) is 0 Å². The first-order chi connectivity index (χ1) is 6.95. The number of aromatic nitrogens is 2. The fraction of sp³-hybridized carbons (Fsp3) is 0.700. The molecule has 1 aliphatic rings. The van der Waals surface area contributed by atoms with E-state index in [0.717, 1.165) is 25.7 Å². The summed E-state index contributed by atoms with van der Waals surface area (Å²) in [6.07, 6.45) is 7.74. The van der Waals surface area contributed by atoms with Gasteiger partial charge in [-0.25, -0.2) is 0 Å². The molecule has 78 valence electrons. The van der Waals surface area contributed by atoms with E-state index in [2.05, 4.69) is 20.8 Å². The van der Waals surface area contributed by atoms with Gasteiger partial charge in [-0.2, -0.15) is 5.10 Å². The lowest BCUT2D eigenvalue weighted by molar-refractivity contribution is 0.593. The van der Waals surface area contributed by atoms with Gasteiger partial charge in [-0.3, -0.25) is 5.10 Å². The molecule has 0 aromatic carbocycles. The fourth-order valence-corrected chi connectivity index (χ4v) is 1.41. The zero-order chi connectivity index (χ0) is 9.64. The first-order valence-corrected chi connectivity index (χ1v) is 5.37. The van der Waals surface area contributed by atoms with Crippen LogP contribution in [0.4, 0.5) is 0 Å². The lowest BCUT2D eigenvalue weighted by Gasteiger charge is -2.03. The van der Waals surface area contributed by atoms with Crippen molar-refractivity contribution < 1.29 is 0 Å². The highest BCUT2D eigenvalue weighted by Crippen LogP contribution is 2.18. The van der Waals surface area contributed by atoms with E-state index < -0.39 is 0 Å². The Kier molecular flexibility index (Phi) is 3.54. The molecule has 0 saturated heterocycles. The topological polar surface area (TPSA) is 52.7 Å². The van der Waals surface area contributed by atoms with Gasteiger partial charge in [0.05, 0.1) is 6.20 Å². The second-order valence-corrected chi connectivity index (χ2v) is 3.87. The van der Waals surface area contributed by atoms with Crippen molar-refractivity contribution in [3.05, 3.63) is 18.0 Å². The number of hydrogen-bond acceptors (Lipinski definition) is 3. The lowest BCUT2D eigenvalue weighted by atomic mass is 10.3. The van der Waals surface area contributed by atoms with Gasteiger partial charge in [-0.05, 0) is 32.4 Å². The van der Waals surface area contributed by atoms with E-state index in [1.54, 1.807) is 0 Å². The van der Waals surface area contributed by atoms with Crippen molar-refractivity contribution in [3.8, 4) is 0 Å². The molecule has 0 aliphatic heterocycles. The second kappa shape index (κ2) is 5.12. The summed E-state index contributed by atoms with van der Waals surface area (Å²) in [6.45, 7) is 3.13. The van der Waals surface area contributed by atoms with Crippen LogP contribution in [0.5, 0.6) is 0 Å². The van der Waals surface area contributed by atoms with E-state index in [4.69, 9.17) is 0 Å². The summed E-state index contributed by atoms with van der Waals surface area (Å²) in [7, 11) is 0. The van der Waals surface area contributed by atoms with Crippen LogP contribution in [0, 0.1) is 0 Å². The Labute approximate surface area is 84.5 Å². The average molecular weight is 194 g/mol. The van der Waals surface area contributed by atoms with E-state index in [-0.39, 0.29) is 0 Å². The minimum absolute atomic E-state index is 0.837. The minimum Gasteiger partial charge on any atom is -0.314 e. The molecule has 1 aromatic heterocycles. The summed E-state index contributed by atoms with van der Waals surface area (Å²) in [6, 6.07) is 0.837. The zero-order valence-electron chi connectivity index (χ0n) is 8.42. The van der Waals surface area contributed by atoms with Crippen LogP contribution < -0.4 is 10.6 Å². The van der Waals surface area contributed by atoms with Crippen LogP contribution >= 0.6 is 0 Å². The van der Waals surface area contributed by atoms with Crippen molar-refractivity contribution in [1.29, 1.82) is 0 Å². The van der Waals surface area contributed by atoms with E-state index in [1.807, 2.05) is 12.4 Å². The SMILES string of the molecule is c1n[nH]cc1CNCCCNC1CC1. The molecule has 0 amide bonds. The number of H-pyrrole nitrogens is 1. The maximum atomic E-state index is 3.89. The molecule has 1 heterocycles. The van der Waals surface area contributed by atoms with Crippen LogP contribution in [0.2, 0.25) is 0 Å². The van der Waals surface area contributed by atoms with Crippen molar-refractivity contribution in [3.63, 3.8) is 0 Å². The van der Waals surface area contributed by atoms with Crippen LogP contribution in [-0.2, 0) is 6.54 Å². The summed E-state index contributed by atoms with van der Waals surface area (Å²) in [5, 5.41) is 13.6. The third kappa shape index (κ3) is 3.47. The summed E-state index contributed by atoms with van der Waals surface area (Å²) >= 11 is 0. The van der Waals surface area contributed by atoms with E-state index in [9.17, 15) is 0 Å². The smallest absolute Gasteiger partial charge is 0.0532 e. The summed E-state index contributed by atoms with van der Waals surface area (Å²) in [5.74, 6) is 0. The molecule has 1 aromatic rings. The standard InChI is InChI=1S/C10H18N4/c1(5-12-10-2-3-10)4-11-6-9-7-13-14-8-9/h7-8,10-12H,1-6H2,(H,13,14). The summed E-state index contributed by atoms with van der Waals surface area (Å²) in [5.41, 5.74) is 1.22. The Morgan fingerprint density at radius 1 is 1.43 bits per heavy atom. The van der Waals surface area contributed by atoms with E-state index in [1.165, 1.54) is 24.8 Å². The molecule has 4 nitrogen and oxygen atoms in total. The highest BCUT2D eigenvalue weighted by Gasteiger charge is 2.19. The zero-order valence-corrected chi connectivity index (χ0v) is 8.42. The number of hydrogen-bond donors (Lipinski definition) is 3. The Morgan fingerprint density at radius 2 is 2.36 bits per heavy atom. The first-order valence-electron chi connectivity index (χ1n) is 5.37. The highest BCUT2D eigenvalue weighted by molar-refractivity contribution is 5.01. The largest absolute Gasteiger partial charge is 0.314 e. The maximum Gasteiger partial charge on any atom is 0.0532 e. The normalized spacial score (nSPS) is 16.0. The van der Waals surface area contributed by atoms with Crippen LogP contribution in [0.25, 0.3) is 0 Å². The third-order valence-corrected chi connectivity index (χ3v) is 2.42. The van der Waals surface area contributed by atoms with Gasteiger partial charge in [-0.15, -0.1) is 0 Å². The van der Waals surface area contributed by atoms with E-state index >= 15 is 0 Å². The summed E-state index contributed by atoms with van der Waals surface area (Å²) in [4.78, 5) is 0. The molecule has 0 atom stereocenters. The molecule has 0 radical (unpaired) electrons. The molecule has 2 rings (SSSR count). The van der Waals surface area contributed by atoms with Crippen molar-refractivity contribution >= 4 is 0 Å². The van der Waals surface area contributed by atoms with Gasteiger partial charge in [0.2, 0.25) is 0 Å². The minimum atomic E-state index is 0.837. The molecule has 0 bridgehead atoms. The molecule has 1 aliphatic carbocycles. The van der Waals surface area contributed by atoms with E-state index in [0.29, 0.717) is 0 Å². The molecule has 1 saturated carbocycles. The maximum absolute atomic E-state index is 3.89. The average Bonchev–Trinajstić information content (AvgIpc) is 2.87. The molecule has 0 spiro atoms. The monoisotopic (exact) mass is 194 g/mol. The van der Waals surface area contributed by atoms with Gasteiger partial charge >= 0.3 is 0 Å². The molecule has 1 fully saturated rings. The van der Waals surface area contributed by atoms with Gasteiger partial charge in [0, 0.05) is 24.3 Å². The molecule has 4 heteroatoms. The van der Waals surface area contributed by atoms with Crippen molar-refractivity contribution in [2.24, 2.45) is 0 Å².